The summed E-state index contributed by atoms with van der Waals surface area (Å²) in [6, 6.07) is 5.27. The average molecular weight is 446 g/mol. The van der Waals surface area contributed by atoms with E-state index in [1.54, 1.807) is 6.92 Å². The summed E-state index contributed by atoms with van der Waals surface area (Å²) in [6.07, 6.45) is -10.5. The highest BCUT2D eigenvalue weighted by atomic mass is 32.2. The van der Waals surface area contributed by atoms with Crippen LogP contribution in [0.15, 0.2) is 29.2 Å². The number of alkyl halides is 9. The van der Waals surface area contributed by atoms with Gasteiger partial charge in [0.15, 0.2) is 0 Å². The first kappa shape index (κ1) is 24.5. The van der Waals surface area contributed by atoms with Gasteiger partial charge in [0.25, 0.3) is 10.1 Å². The number of benzene rings is 1. The summed E-state index contributed by atoms with van der Waals surface area (Å²) < 4.78 is 142. The monoisotopic (exact) mass is 446 g/mol. The van der Waals surface area contributed by atoms with Gasteiger partial charge in [0, 0.05) is 6.42 Å². The highest BCUT2D eigenvalue weighted by Crippen LogP contribution is 2.54. The fourth-order valence-corrected chi connectivity index (χ4v) is 2.90. The maximum atomic E-state index is 13.3. The van der Waals surface area contributed by atoms with Crippen LogP contribution in [0.2, 0.25) is 0 Å². The van der Waals surface area contributed by atoms with Gasteiger partial charge in [0.2, 0.25) is 0 Å². The second kappa shape index (κ2) is 8.09. The lowest BCUT2D eigenvalue weighted by atomic mass is 9.99. The minimum atomic E-state index is -6.94. The highest BCUT2D eigenvalue weighted by Gasteiger charge is 2.81. The molecule has 0 aliphatic heterocycles. The summed E-state index contributed by atoms with van der Waals surface area (Å²) in [6.45, 7) is 0.920. The Labute approximate surface area is 154 Å². The van der Waals surface area contributed by atoms with Crippen molar-refractivity contribution in [2.45, 2.75) is 55.0 Å². The molecule has 0 unspecified atom stereocenters. The molecule has 0 saturated heterocycles. The van der Waals surface area contributed by atoms with Crippen LogP contribution in [0.4, 0.5) is 39.5 Å². The van der Waals surface area contributed by atoms with Crippen molar-refractivity contribution < 1.29 is 52.1 Å². The molecular weight excluding hydrogens is 431 g/mol. The van der Waals surface area contributed by atoms with Crippen LogP contribution in [-0.2, 0) is 14.3 Å². The van der Waals surface area contributed by atoms with Crippen molar-refractivity contribution in [1.82, 2.24) is 0 Å². The first-order chi connectivity index (χ1) is 12.5. The zero-order valence-electron chi connectivity index (χ0n) is 14.2. The van der Waals surface area contributed by atoms with Gasteiger partial charge in [-0.3, -0.25) is 4.18 Å². The summed E-state index contributed by atoms with van der Waals surface area (Å²) in [5.41, 5.74) is 0.734. The van der Waals surface area contributed by atoms with Crippen LogP contribution in [-0.4, -0.2) is 39.0 Å². The van der Waals surface area contributed by atoms with E-state index in [0.29, 0.717) is 0 Å². The van der Waals surface area contributed by atoms with E-state index in [-0.39, 0.29) is 4.90 Å². The quantitative estimate of drug-likeness (QED) is 0.292. The summed E-state index contributed by atoms with van der Waals surface area (Å²) >= 11 is 0. The molecule has 0 fully saturated rings. The number of unbranched alkanes of at least 4 members (excludes halogenated alkanes) is 1. The molecule has 0 N–H and O–H groups in total. The number of rotatable bonds is 9. The molecule has 13 heteroatoms. The van der Waals surface area contributed by atoms with Crippen LogP contribution in [0.5, 0.6) is 0 Å². The lowest BCUT2D eigenvalue weighted by Gasteiger charge is -2.33. The van der Waals surface area contributed by atoms with Crippen LogP contribution in [0.3, 0.4) is 0 Å². The van der Waals surface area contributed by atoms with Crippen molar-refractivity contribution in [2.75, 3.05) is 6.61 Å². The van der Waals surface area contributed by atoms with Crippen LogP contribution in [0, 0.1) is 6.92 Å². The molecule has 0 amide bonds. The van der Waals surface area contributed by atoms with Crippen molar-refractivity contribution in [3.05, 3.63) is 29.8 Å². The first-order valence-corrected chi connectivity index (χ1v) is 9.03. The molecule has 0 aromatic heterocycles. The lowest BCUT2D eigenvalue weighted by molar-refractivity contribution is -0.396. The molecule has 1 aromatic carbocycles. The molecule has 0 heterocycles. The van der Waals surface area contributed by atoms with Crippen LogP contribution in [0.25, 0.3) is 0 Å². The molecular formula is C15H15F9O3S. The second-order valence-electron chi connectivity index (χ2n) is 5.90. The molecule has 0 saturated carbocycles. The number of aryl methyl sites for hydroxylation is 1. The highest BCUT2D eigenvalue weighted by molar-refractivity contribution is 7.86. The molecule has 0 radical (unpaired) electrons. The molecule has 0 aliphatic carbocycles. The number of halogens is 9. The number of hydrogen-bond donors (Lipinski definition) is 0. The summed E-state index contributed by atoms with van der Waals surface area (Å²) in [4.78, 5) is -0.264. The summed E-state index contributed by atoms with van der Waals surface area (Å²) in [7, 11) is -4.27. The topological polar surface area (TPSA) is 43.4 Å². The van der Waals surface area contributed by atoms with Gasteiger partial charge >= 0.3 is 23.9 Å². The maximum absolute atomic E-state index is 13.3. The van der Waals surface area contributed by atoms with Crippen LogP contribution in [0.1, 0.15) is 24.8 Å². The zero-order valence-corrected chi connectivity index (χ0v) is 15.0. The molecule has 0 aliphatic rings. The first-order valence-electron chi connectivity index (χ1n) is 7.62. The maximum Gasteiger partial charge on any atom is 0.460 e. The summed E-state index contributed by atoms with van der Waals surface area (Å²) in [5, 5.41) is 0. The van der Waals surface area contributed by atoms with Gasteiger partial charge in [0.1, 0.15) is 0 Å². The number of hydrogen-bond acceptors (Lipinski definition) is 3. The van der Waals surface area contributed by atoms with Crippen molar-refractivity contribution in [3.63, 3.8) is 0 Å². The third-order valence-corrected chi connectivity index (χ3v) is 4.97. The van der Waals surface area contributed by atoms with Crippen molar-refractivity contribution in [1.29, 1.82) is 0 Å². The largest absolute Gasteiger partial charge is 0.460 e. The Balaban J connectivity index is 2.64. The van der Waals surface area contributed by atoms with Gasteiger partial charge < -0.3 is 0 Å². The van der Waals surface area contributed by atoms with Gasteiger partial charge in [-0.25, -0.2) is 0 Å². The standard InChI is InChI=1S/C15H15F9O3S/c1-10-4-6-11(7-5-10)28(25,26)27-9-3-2-8-12(16,17)13(18,19)14(20,21)15(22,23)24/h4-7H,2-3,8-9H2,1H3. The van der Waals surface area contributed by atoms with Crippen LogP contribution < -0.4 is 0 Å². The van der Waals surface area contributed by atoms with Crippen LogP contribution >= 0.6 is 0 Å². The minimum Gasteiger partial charge on any atom is -0.266 e. The van der Waals surface area contributed by atoms with Gasteiger partial charge in [-0.05, 0) is 31.9 Å². The average Bonchev–Trinajstić information content (AvgIpc) is 2.53. The normalized spacial score (nSPS) is 14.4. The fourth-order valence-electron chi connectivity index (χ4n) is 1.96. The van der Waals surface area contributed by atoms with Gasteiger partial charge in [-0.1, -0.05) is 17.7 Å². The zero-order chi connectivity index (χ0) is 22.0. The van der Waals surface area contributed by atoms with E-state index in [0.717, 1.165) is 5.56 Å². The van der Waals surface area contributed by atoms with E-state index < -0.39 is 59.9 Å². The molecule has 0 atom stereocenters. The van der Waals surface area contributed by atoms with Crippen molar-refractivity contribution >= 4 is 10.1 Å². The fraction of sp³-hybridized carbons (Fsp3) is 0.600. The Kier molecular flexibility index (Phi) is 7.09. The molecule has 162 valence electrons. The Morgan fingerprint density at radius 1 is 0.821 bits per heavy atom. The van der Waals surface area contributed by atoms with Gasteiger partial charge in [-0.2, -0.15) is 47.9 Å². The van der Waals surface area contributed by atoms with E-state index in [4.69, 9.17) is 0 Å². The minimum absolute atomic E-state index is 0.264. The lowest BCUT2D eigenvalue weighted by Crippen LogP contribution is -2.60. The van der Waals surface area contributed by atoms with E-state index in [2.05, 4.69) is 4.18 Å². The van der Waals surface area contributed by atoms with E-state index >= 15 is 0 Å². The molecule has 0 spiro atoms. The van der Waals surface area contributed by atoms with E-state index in [1.807, 2.05) is 0 Å². The summed E-state index contributed by atoms with van der Waals surface area (Å²) in [5.74, 6) is -19.3. The van der Waals surface area contributed by atoms with Gasteiger partial charge in [-0.15, -0.1) is 0 Å². The van der Waals surface area contributed by atoms with Crippen molar-refractivity contribution in [3.8, 4) is 0 Å². The Hall–Kier alpha value is -1.50. The molecule has 1 aromatic rings. The Bertz CT molecular complexity index is 756. The second-order valence-corrected chi connectivity index (χ2v) is 7.51. The third kappa shape index (κ3) is 5.10. The van der Waals surface area contributed by atoms with Crippen molar-refractivity contribution in [2.24, 2.45) is 0 Å². The predicted molar refractivity (Wildman–Crippen MR) is 79.1 cm³/mol. The smallest absolute Gasteiger partial charge is 0.266 e. The predicted octanol–water partition coefficient (Wildman–Crippen LogP) is 5.34. The molecule has 0 bridgehead atoms. The molecule has 1 rings (SSSR count). The van der Waals surface area contributed by atoms with Gasteiger partial charge in [0.05, 0.1) is 11.5 Å². The SMILES string of the molecule is Cc1ccc(S(=O)(=O)OCCCCC(F)(F)C(F)(F)C(F)(F)C(F)(F)F)cc1. The van der Waals surface area contributed by atoms with E-state index in [1.165, 1.54) is 24.3 Å². The Morgan fingerprint density at radius 3 is 1.79 bits per heavy atom. The van der Waals surface area contributed by atoms with E-state index in [9.17, 15) is 47.9 Å². The molecule has 3 nitrogen and oxygen atoms in total. The molecule has 28 heavy (non-hydrogen) atoms. The Morgan fingerprint density at radius 2 is 1.32 bits per heavy atom. The third-order valence-electron chi connectivity index (χ3n) is 3.64.